The molecule has 1 aromatic heterocycles. The number of halogens is 1. The Morgan fingerprint density at radius 2 is 2.10 bits per heavy atom. The quantitative estimate of drug-likeness (QED) is 0.864. The summed E-state index contributed by atoms with van der Waals surface area (Å²) < 4.78 is 1.64. The van der Waals surface area contributed by atoms with Crippen molar-refractivity contribution in [2.24, 2.45) is 11.8 Å². The van der Waals surface area contributed by atoms with Gasteiger partial charge in [0.2, 0.25) is 5.91 Å². The molecule has 0 aromatic carbocycles. The molecular weight excluding hydrogens is 282 g/mol. The molecule has 1 fully saturated rings. The molecule has 1 aromatic rings. The van der Waals surface area contributed by atoms with E-state index in [-0.39, 0.29) is 5.91 Å². The standard InChI is InChI=1S/C13H18ClN3O3/c14-9-7-16-17(8-9)6-5-15-12(18)10-3-1-2-4-11(10)13(19)20/h7-8,10-11H,1-6H2,(H,15,18)(H,19,20)/t10-,11+/m0/s1. The van der Waals surface area contributed by atoms with Gasteiger partial charge in [0.1, 0.15) is 0 Å². The molecule has 0 unspecified atom stereocenters. The summed E-state index contributed by atoms with van der Waals surface area (Å²) in [6.07, 6.45) is 6.24. The van der Waals surface area contributed by atoms with Crippen LogP contribution in [-0.4, -0.2) is 33.3 Å². The number of nitrogens with zero attached hydrogens (tertiary/aromatic N) is 2. The summed E-state index contributed by atoms with van der Waals surface area (Å²) >= 11 is 5.74. The summed E-state index contributed by atoms with van der Waals surface area (Å²) in [5, 5.41) is 16.5. The number of aromatic nitrogens is 2. The Balaban J connectivity index is 1.82. The number of amides is 1. The molecule has 1 aliphatic carbocycles. The highest BCUT2D eigenvalue weighted by Crippen LogP contribution is 2.30. The van der Waals surface area contributed by atoms with Gasteiger partial charge in [0.25, 0.3) is 0 Å². The van der Waals surface area contributed by atoms with Crippen LogP contribution in [0.25, 0.3) is 0 Å². The van der Waals surface area contributed by atoms with Gasteiger partial charge < -0.3 is 10.4 Å². The van der Waals surface area contributed by atoms with Crippen molar-refractivity contribution < 1.29 is 14.7 Å². The fraction of sp³-hybridized carbons (Fsp3) is 0.615. The highest BCUT2D eigenvalue weighted by Gasteiger charge is 2.35. The van der Waals surface area contributed by atoms with Gasteiger partial charge in [-0.3, -0.25) is 14.3 Å². The van der Waals surface area contributed by atoms with E-state index in [1.54, 1.807) is 10.9 Å². The maximum atomic E-state index is 12.1. The van der Waals surface area contributed by atoms with Crippen LogP contribution in [0.1, 0.15) is 25.7 Å². The van der Waals surface area contributed by atoms with Crippen molar-refractivity contribution >= 4 is 23.5 Å². The van der Waals surface area contributed by atoms with E-state index >= 15 is 0 Å². The van der Waals surface area contributed by atoms with E-state index in [4.69, 9.17) is 16.7 Å². The Morgan fingerprint density at radius 1 is 1.40 bits per heavy atom. The van der Waals surface area contributed by atoms with Crippen LogP contribution in [0, 0.1) is 11.8 Å². The van der Waals surface area contributed by atoms with Gasteiger partial charge in [0.15, 0.2) is 0 Å². The lowest BCUT2D eigenvalue weighted by atomic mass is 9.79. The molecule has 1 heterocycles. The van der Waals surface area contributed by atoms with Crippen molar-refractivity contribution in [3.8, 4) is 0 Å². The molecule has 0 radical (unpaired) electrons. The third-order valence-corrected chi connectivity index (χ3v) is 3.86. The summed E-state index contributed by atoms with van der Waals surface area (Å²) in [6, 6.07) is 0. The second-order valence-electron chi connectivity index (χ2n) is 5.05. The molecule has 7 heteroatoms. The topological polar surface area (TPSA) is 84.2 Å². The number of carbonyl (C=O) groups is 2. The van der Waals surface area contributed by atoms with Gasteiger partial charge in [-0.2, -0.15) is 5.10 Å². The van der Waals surface area contributed by atoms with Crippen LogP contribution in [0.5, 0.6) is 0 Å². The molecule has 110 valence electrons. The zero-order valence-corrected chi connectivity index (χ0v) is 11.8. The van der Waals surface area contributed by atoms with Crippen molar-refractivity contribution in [1.82, 2.24) is 15.1 Å². The molecule has 2 atom stereocenters. The van der Waals surface area contributed by atoms with Gasteiger partial charge in [-0.05, 0) is 12.8 Å². The fourth-order valence-electron chi connectivity index (χ4n) is 2.63. The Labute approximate surface area is 122 Å². The highest BCUT2D eigenvalue weighted by atomic mass is 35.5. The zero-order chi connectivity index (χ0) is 14.5. The molecule has 20 heavy (non-hydrogen) atoms. The van der Waals surface area contributed by atoms with Crippen LogP contribution in [0.2, 0.25) is 5.02 Å². The first-order valence-electron chi connectivity index (χ1n) is 6.76. The van der Waals surface area contributed by atoms with Gasteiger partial charge >= 0.3 is 5.97 Å². The smallest absolute Gasteiger partial charge is 0.307 e. The van der Waals surface area contributed by atoms with E-state index < -0.39 is 17.8 Å². The average molecular weight is 300 g/mol. The van der Waals surface area contributed by atoms with Crippen molar-refractivity contribution in [3.63, 3.8) is 0 Å². The first kappa shape index (κ1) is 14.8. The minimum Gasteiger partial charge on any atom is -0.481 e. The minimum absolute atomic E-state index is 0.171. The van der Waals surface area contributed by atoms with Gasteiger partial charge in [-0.15, -0.1) is 0 Å². The number of aliphatic carboxylic acids is 1. The van der Waals surface area contributed by atoms with Crippen LogP contribution >= 0.6 is 11.6 Å². The molecule has 1 saturated carbocycles. The SMILES string of the molecule is O=C(NCCn1cc(Cl)cn1)[C@H]1CCCC[C@H]1C(=O)O. The fourth-order valence-corrected chi connectivity index (χ4v) is 2.78. The lowest BCUT2D eigenvalue weighted by Gasteiger charge is -2.27. The van der Waals surface area contributed by atoms with Gasteiger partial charge in [0, 0.05) is 12.7 Å². The maximum absolute atomic E-state index is 12.1. The average Bonchev–Trinajstić information content (AvgIpc) is 2.84. The number of carboxylic acid groups (broad SMARTS) is 1. The van der Waals surface area contributed by atoms with E-state index in [0.717, 1.165) is 12.8 Å². The highest BCUT2D eigenvalue weighted by molar-refractivity contribution is 6.30. The van der Waals surface area contributed by atoms with Gasteiger partial charge in [-0.1, -0.05) is 24.4 Å². The van der Waals surface area contributed by atoms with Crippen LogP contribution in [0.3, 0.4) is 0 Å². The summed E-state index contributed by atoms with van der Waals surface area (Å²) in [5.41, 5.74) is 0. The number of nitrogens with one attached hydrogen (secondary N) is 1. The Morgan fingerprint density at radius 3 is 2.70 bits per heavy atom. The monoisotopic (exact) mass is 299 g/mol. The molecule has 0 saturated heterocycles. The first-order valence-corrected chi connectivity index (χ1v) is 7.14. The Hall–Kier alpha value is -1.56. The summed E-state index contributed by atoms with van der Waals surface area (Å²) in [6.45, 7) is 0.933. The van der Waals surface area contributed by atoms with Crippen LogP contribution in [0.4, 0.5) is 0 Å². The predicted molar refractivity (Wildman–Crippen MR) is 73.3 cm³/mol. The van der Waals surface area contributed by atoms with E-state index in [2.05, 4.69) is 10.4 Å². The molecule has 2 rings (SSSR count). The number of hydrogen-bond donors (Lipinski definition) is 2. The Kier molecular flexibility index (Phi) is 5.00. The predicted octanol–water partition coefficient (Wildman–Crippen LogP) is 1.54. The molecule has 0 aliphatic heterocycles. The lowest BCUT2D eigenvalue weighted by Crippen LogP contribution is -2.40. The normalized spacial score (nSPS) is 22.4. The second-order valence-corrected chi connectivity index (χ2v) is 5.48. The van der Waals surface area contributed by atoms with Crippen LogP contribution < -0.4 is 5.32 Å². The van der Waals surface area contributed by atoms with Gasteiger partial charge in [0.05, 0.1) is 29.6 Å². The third-order valence-electron chi connectivity index (χ3n) is 3.66. The van der Waals surface area contributed by atoms with E-state index in [9.17, 15) is 9.59 Å². The largest absolute Gasteiger partial charge is 0.481 e. The Bertz CT molecular complexity index is 489. The van der Waals surface area contributed by atoms with Crippen molar-refractivity contribution in [1.29, 1.82) is 0 Å². The number of carbonyl (C=O) groups excluding carboxylic acids is 1. The minimum atomic E-state index is -0.872. The lowest BCUT2D eigenvalue weighted by molar-refractivity contribution is -0.148. The van der Waals surface area contributed by atoms with Crippen molar-refractivity contribution in [3.05, 3.63) is 17.4 Å². The van der Waals surface area contributed by atoms with Gasteiger partial charge in [-0.25, -0.2) is 0 Å². The van der Waals surface area contributed by atoms with Crippen molar-refractivity contribution in [2.45, 2.75) is 32.2 Å². The number of rotatable bonds is 5. The molecule has 2 N–H and O–H groups in total. The summed E-state index contributed by atoms with van der Waals surface area (Å²) in [4.78, 5) is 23.2. The van der Waals surface area contributed by atoms with E-state index in [1.165, 1.54) is 6.20 Å². The molecule has 0 bridgehead atoms. The van der Waals surface area contributed by atoms with E-state index in [1.807, 2.05) is 0 Å². The molecule has 1 amide bonds. The molecule has 0 spiro atoms. The number of hydrogen-bond acceptors (Lipinski definition) is 3. The third kappa shape index (κ3) is 3.72. The summed E-state index contributed by atoms with van der Waals surface area (Å²) in [5.74, 6) is -2.01. The molecule has 6 nitrogen and oxygen atoms in total. The maximum Gasteiger partial charge on any atom is 0.307 e. The first-order chi connectivity index (χ1) is 9.58. The summed E-state index contributed by atoms with van der Waals surface area (Å²) in [7, 11) is 0. The second kappa shape index (κ2) is 6.74. The van der Waals surface area contributed by atoms with Crippen LogP contribution in [0.15, 0.2) is 12.4 Å². The van der Waals surface area contributed by atoms with Crippen molar-refractivity contribution in [2.75, 3.05) is 6.54 Å². The zero-order valence-electron chi connectivity index (χ0n) is 11.1. The van der Waals surface area contributed by atoms with E-state index in [0.29, 0.717) is 31.0 Å². The molecular formula is C13H18ClN3O3. The van der Waals surface area contributed by atoms with Crippen LogP contribution in [-0.2, 0) is 16.1 Å². The molecule has 1 aliphatic rings. The number of carboxylic acids is 1.